The minimum absolute atomic E-state index is 0.0726. The normalized spacial score (nSPS) is 11.2. The lowest BCUT2D eigenvalue weighted by Crippen LogP contribution is -2.29. The highest BCUT2D eigenvalue weighted by Gasteiger charge is 2.07. The molecule has 0 aromatic heterocycles. The van der Waals surface area contributed by atoms with Crippen molar-refractivity contribution in [3.05, 3.63) is 33.3 Å². The van der Waals surface area contributed by atoms with Crippen LogP contribution in [0, 0.1) is 0 Å². The van der Waals surface area contributed by atoms with E-state index < -0.39 is 0 Å². The molecule has 3 nitrogen and oxygen atoms in total. The first kappa shape index (κ1) is 17.5. The molecule has 0 bridgehead atoms. The van der Waals surface area contributed by atoms with Crippen LogP contribution in [0.3, 0.4) is 0 Å². The van der Waals surface area contributed by atoms with Crippen molar-refractivity contribution in [2.45, 2.75) is 32.7 Å². The number of nitrogens with one attached hydrogen (secondary N) is 1. The molecular formula is C15H22BrClN2O. The number of carbonyl (C=O) groups is 1. The maximum absolute atomic E-state index is 11.9. The van der Waals surface area contributed by atoms with E-state index >= 15 is 0 Å². The van der Waals surface area contributed by atoms with Crippen molar-refractivity contribution in [3.8, 4) is 0 Å². The van der Waals surface area contributed by atoms with Crippen LogP contribution in [0.1, 0.15) is 37.0 Å². The molecule has 0 aliphatic rings. The molecule has 0 aliphatic heterocycles. The maximum Gasteiger partial charge on any atom is 0.251 e. The number of rotatable bonds is 7. The predicted octanol–water partition coefficient (Wildman–Crippen LogP) is 3.95. The van der Waals surface area contributed by atoms with Crippen LogP contribution >= 0.6 is 27.5 Å². The van der Waals surface area contributed by atoms with Crippen molar-refractivity contribution in [2.75, 3.05) is 20.1 Å². The molecule has 0 fully saturated rings. The average molecular weight is 362 g/mol. The number of nitrogens with zero attached hydrogens (tertiary/aromatic N) is 1. The minimum Gasteiger partial charge on any atom is -0.352 e. The highest BCUT2D eigenvalue weighted by molar-refractivity contribution is 9.10. The number of hydrogen-bond acceptors (Lipinski definition) is 2. The second-order valence-electron chi connectivity index (χ2n) is 5.17. The molecule has 0 saturated carbocycles. The number of hydrogen-bond donors (Lipinski definition) is 1. The minimum atomic E-state index is -0.0726. The zero-order valence-corrected chi connectivity index (χ0v) is 14.6. The summed E-state index contributed by atoms with van der Waals surface area (Å²) in [6.07, 6.45) is 2.06. The van der Waals surface area contributed by atoms with Crippen LogP contribution in [0.25, 0.3) is 0 Å². The Hall–Kier alpha value is -0.580. The molecule has 112 valence electrons. The van der Waals surface area contributed by atoms with Gasteiger partial charge >= 0.3 is 0 Å². The Balaban J connectivity index is 2.28. The van der Waals surface area contributed by atoms with Gasteiger partial charge in [-0.05, 0) is 74.4 Å². The van der Waals surface area contributed by atoms with Gasteiger partial charge in [-0.2, -0.15) is 0 Å². The Bertz CT molecular complexity index is 451. The molecule has 1 aromatic carbocycles. The van der Waals surface area contributed by atoms with Crippen LogP contribution in [-0.4, -0.2) is 37.0 Å². The maximum atomic E-state index is 11.9. The van der Waals surface area contributed by atoms with Crippen LogP contribution in [0.2, 0.25) is 5.02 Å². The van der Waals surface area contributed by atoms with Gasteiger partial charge in [0, 0.05) is 22.6 Å². The van der Waals surface area contributed by atoms with Gasteiger partial charge in [0.2, 0.25) is 0 Å². The fraction of sp³-hybridized carbons (Fsp3) is 0.533. The summed E-state index contributed by atoms with van der Waals surface area (Å²) < 4.78 is 0.799. The monoisotopic (exact) mass is 360 g/mol. The highest BCUT2D eigenvalue weighted by Crippen LogP contribution is 2.23. The van der Waals surface area contributed by atoms with Gasteiger partial charge in [-0.15, -0.1) is 0 Å². The van der Waals surface area contributed by atoms with Gasteiger partial charge in [-0.25, -0.2) is 0 Å². The fourth-order valence-electron chi connectivity index (χ4n) is 1.69. The van der Waals surface area contributed by atoms with Gasteiger partial charge in [0.1, 0.15) is 0 Å². The van der Waals surface area contributed by atoms with E-state index in [0.29, 0.717) is 23.2 Å². The fourth-order valence-corrected chi connectivity index (χ4v) is 2.11. The van der Waals surface area contributed by atoms with Crippen LogP contribution < -0.4 is 5.32 Å². The van der Waals surface area contributed by atoms with Crippen molar-refractivity contribution in [2.24, 2.45) is 0 Å². The molecule has 1 aromatic rings. The zero-order valence-electron chi connectivity index (χ0n) is 12.2. The van der Waals surface area contributed by atoms with E-state index in [1.165, 1.54) is 0 Å². The summed E-state index contributed by atoms with van der Waals surface area (Å²) in [5, 5.41) is 3.47. The van der Waals surface area contributed by atoms with Crippen molar-refractivity contribution in [1.82, 2.24) is 10.2 Å². The van der Waals surface area contributed by atoms with E-state index in [4.69, 9.17) is 11.6 Å². The third-order valence-electron chi connectivity index (χ3n) is 3.29. The number of unbranched alkanes of at least 4 members (excludes halogenated alkanes) is 1. The Kier molecular flexibility index (Phi) is 7.56. The lowest BCUT2D eigenvalue weighted by atomic mass is 10.2. The van der Waals surface area contributed by atoms with Gasteiger partial charge in [-0.1, -0.05) is 11.6 Å². The molecule has 1 N–H and O–H groups in total. The quantitative estimate of drug-likeness (QED) is 0.746. The van der Waals surface area contributed by atoms with Crippen LogP contribution in [0.4, 0.5) is 0 Å². The summed E-state index contributed by atoms with van der Waals surface area (Å²) in [6, 6.07) is 5.79. The molecule has 0 spiro atoms. The van der Waals surface area contributed by atoms with Gasteiger partial charge in [-0.3, -0.25) is 4.79 Å². The van der Waals surface area contributed by atoms with Crippen molar-refractivity contribution in [3.63, 3.8) is 0 Å². The highest BCUT2D eigenvalue weighted by atomic mass is 79.9. The molecule has 5 heteroatoms. The second kappa shape index (κ2) is 8.65. The van der Waals surface area contributed by atoms with Crippen LogP contribution in [0.5, 0.6) is 0 Å². The second-order valence-corrected chi connectivity index (χ2v) is 6.43. The molecule has 20 heavy (non-hydrogen) atoms. The smallest absolute Gasteiger partial charge is 0.251 e. The van der Waals surface area contributed by atoms with Gasteiger partial charge in [0.15, 0.2) is 0 Å². The predicted molar refractivity (Wildman–Crippen MR) is 88.5 cm³/mol. The van der Waals surface area contributed by atoms with E-state index in [9.17, 15) is 4.79 Å². The van der Waals surface area contributed by atoms with E-state index in [1.54, 1.807) is 18.2 Å². The van der Waals surface area contributed by atoms with Gasteiger partial charge in [0.05, 0.1) is 5.02 Å². The first-order valence-corrected chi connectivity index (χ1v) is 8.02. The molecule has 1 amide bonds. The molecule has 0 heterocycles. The largest absolute Gasteiger partial charge is 0.352 e. The van der Waals surface area contributed by atoms with Crippen LogP contribution in [-0.2, 0) is 0 Å². The third-order valence-corrected chi connectivity index (χ3v) is 4.52. The summed E-state index contributed by atoms with van der Waals surface area (Å²) in [4.78, 5) is 14.2. The van der Waals surface area contributed by atoms with Gasteiger partial charge < -0.3 is 10.2 Å². The SMILES string of the molecule is CC(C)N(C)CCCCNC(=O)c1ccc(Br)c(Cl)c1. The number of benzene rings is 1. The molecule has 0 saturated heterocycles. The Morgan fingerprint density at radius 1 is 1.40 bits per heavy atom. The Morgan fingerprint density at radius 2 is 2.10 bits per heavy atom. The summed E-state index contributed by atoms with van der Waals surface area (Å²) >= 11 is 9.28. The molecule has 0 aliphatic carbocycles. The Labute approximate surface area is 134 Å². The van der Waals surface area contributed by atoms with E-state index in [2.05, 4.69) is 47.0 Å². The molecule has 1 rings (SSSR count). The van der Waals surface area contributed by atoms with Crippen LogP contribution in [0.15, 0.2) is 22.7 Å². The summed E-state index contributed by atoms with van der Waals surface area (Å²) in [5.41, 5.74) is 0.595. The molecular weight excluding hydrogens is 340 g/mol. The van der Waals surface area contributed by atoms with Gasteiger partial charge in [0.25, 0.3) is 5.91 Å². The molecule has 0 atom stereocenters. The zero-order chi connectivity index (χ0) is 15.1. The van der Waals surface area contributed by atoms with E-state index in [0.717, 1.165) is 23.9 Å². The molecule has 0 unspecified atom stereocenters. The topological polar surface area (TPSA) is 32.3 Å². The number of amides is 1. The summed E-state index contributed by atoms with van der Waals surface area (Å²) in [5.74, 6) is -0.0726. The third kappa shape index (κ3) is 5.81. The summed E-state index contributed by atoms with van der Waals surface area (Å²) in [7, 11) is 2.12. The van der Waals surface area contributed by atoms with Crippen molar-refractivity contribution >= 4 is 33.4 Å². The Morgan fingerprint density at radius 3 is 2.70 bits per heavy atom. The number of carbonyl (C=O) groups excluding carboxylic acids is 1. The first-order chi connectivity index (χ1) is 9.41. The molecule has 0 radical (unpaired) electrons. The first-order valence-electron chi connectivity index (χ1n) is 6.85. The van der Waals surface area contributed by atoms with Crippen molar-refractivity contribution < 1.29 is 4.79 Å². The van der Waals surface area contributed by atoms with E-state index in [-0.39, 0.29) is 5.91 Å². The average Bonchev–Trinajstić information content (AvgIpc) is 2.40. The van der Waals surface area contributed by atoms with E-state index in [1.807, 2.05) is 0 Å². The summed E-state index contributed by atoms with van der Waals surface area (Å²) in [6.45, 7) is 6.11. The lowest BCUT2D eigenvalue weighted by molar-refractivity contribution is 0.0952. The number of halogens is 2. The standard InChI is InChI=1S/C15H22BrClN2O/c1-11(2)19(3)9-5-4-8-18-15(20)12-6-7-13(16)14(17)10-12/h6-7,10-11H,4-5,8-9H2,1-3H3,(H,18,20). The van der Waals surface area contributed by atoms with Crippen molar-refractivity contribution in [1.29, 1.82) is 0 Å². The lowest BCUT2D eigenvalue weighted by Gasteiger charge is -2.20.